The zero-order valence-electron chi connectivity index (χ0n) is 18.0. The van der Waals surface area contributed by atoms with E-state index in [1.165, 1.54) is 0 Å². The van der Waals surface area contributed by atoms with Crippen LogP contribution in [0, 0.1) is 13.8 Å². The Morgan fingerprint density at radius 2 is 1.06 bits per heavy atom. The molecule has 2 aromatic carbocycles. The van der Waals surface area contributed by atoms with Crippen LogP contribution in [0.3, 0.4) is 0 Å². The predicted molar refractivity (Wildman–Crippen MR) is 112 cm³/mol. The highest BCUT2D eigenvalue weighted by molar-refractivity contribution is 5.89. The van der Waals surface area contributed by atoms with E-state index in [1.54, 1.807) is 24.3 Å². The van der Waals surface area contributed by atoms with Crippen LogP contribution in [0.25, 0.3) is 0 Å². The topological polar surface area (TPSA) is 89.5 Å². The highest BCUT2D eigenvalue weighted by atomic mass is 16.8. The van der Waals surface area contributed by atoms with Gasteiger partial charge in [0, 0.05) is 0 Å². The minimum atomic E-state index is -0.526. The van der Waals surface area contributed by atoms with Gasteiger partial charge in [0.05, 0.1) is 11.1 Å². The van der Waals surface area contributed by atoms with Gasteiger partial charge in [0.15, 0.2) is 0 Å². The summed E-state index contributed by atoms with van der Waals surface area (Å²) in [5.41, 5.74) is 3.05. The molecule has 2 aromatic rings. The Bertz CT molecular complexity index is 847. The van der Waals surface area contributed by atoms with Crippen molar-refractivity contribution < 1.29 is 38.0 Å². The minimum Gasteiger partial charge on any atom is -0.459 e. The largest absolute Gasteiger partial charge is 0.459 e. The summed E-state index contributed by atoms with van der Waals surface area (Å²) in [5, 5.41) is 0. The Balaban J connectivity index is 1.32. The highest BCUT2D eigenvalue weighted by Gasteiger charge is 2.45. The summed E-state index contributed by atoms with van der Waals surface area (Å²) in [7, 11) is 0. The number of fused-ring (bicyclic) bond motifs is 1. The van der Waals surface area contributed by atoms with E-state index in [0.717, 1.165) is 11.1 Å². The smallest absolute Gasteiger partial charge is 0.338 e. The Labute approximate surface area is 186 Å². The lowest BCUT2D eigenvalue weighted by Gasteiger charge is -2.43. The Hall–Kier alpha value is -2.78. The van der Waals surface area contributed by atoms with Gasteiger partial charge in [-0.2, -0.15) is 0 Å². The van der Waals surface area contributed by atoms with Crippen molar-refractivity contribution in [3.05, 3.63) is 70.8 Å². The van der Waals surface area contributed by atoms with Crippen LogP contribution in [0.2, 0.25) is 0 Å². The molecule has 0 spiro atoms. The van der Waals surface area contributed by atoms with E-state index < -0.39 is 36.4 Å². The molecule has 2 aliphatic rings. The second-order valence-electron chi connectivity index (χ2n) is 7.84. The van der Waals surface area contributed by atoms with Gasteiger partial charge in [0.1, 0.15) is 51.2 Å². The summed E-state index contributed by atoms with van der Waals surface area (Å²) in [4.78, 5) is 24.6. The van der Waals surface area contributed by atoms with E-state index in [0.29, 0.717) is 11.1 Å². The summed E-state index contributed by atoms with van der Waals surface area (Å²) in [5.74, 6) is -0.875. The maximum atomic E-state index is 12.3. The normalized spacial score (nSPS) is 24.9. The molecule has 0 bridgehead atoms. The maximum Gasteiger partial charge on any atom is 0.338 e. The van der Waals surface area contributed by atoms with E-state index in [9.17, 15) is 9.59 Å². The molecule has 2 aliphatic heterocycles. The fourth-order valence-corrected chi connectivity index (χ4v) is 3.58. The minimum absolute atomic E-state index is 0.00705. The molecule has 0 amide bonds. The van der Waals surface area contributed by atoms with Crippen molar-refractivity contribution in [2.24, 2.45) is 0 Å². The lowest BCUT2D eigenvalue weighted by atomic mass is 10.0. The first-order valence-corrected chi connectivity index (χ1v) is 10.5. The van der Waals surface area contributed by atoms with Crippen molar-refractivity contribution >= 4 is 11.9 Å². The fraction of sp³-hybridized carbons (Fsp3) is 0.417. The quantitative estimate of drug-likeness (QED) is 0.631. The van der Waals surface area contributed by atoms with E-state index >= 15 is 0 Å². The second-order valence-corrected chi connectivity index (χ2v) is 7.84. The van der Waals surface area contributed by atoms with E-state index in [4.69, 9.17) is 28.4 Å². The third-order valence-electron chi connectivity index (χ3n) is 5.47. The molecular weight excluding hydrogens is 416 g/mol. The van der Waals surface area contributed by atoms with Crippen molar-refractivity contribution in [3.63, 3.8) is 0 Å². The molecule has 2 saturated heterocycles. The zero-order chi connectivity index (χ0) is 22.5. The lowest BCUT2D eigenvalue weighted by Crippen LogP contribution is -2.59. The van der Waals surface area contributed by atoms with Crippen molar-refractivity contribution in [1.82, 2.24) is 0 Å². The first-order valence-electron chi connectivity index (χ1n) is 10.5. The number of hydrogen-bond donors (Lipinski definition) is 0. The SMILES string of the molecule is Cc1ccc(C(=O)OCC2OCOC3C(COC(=O)c4ccc(C)cc4)OCOC23)cc1. The molecule has 32 heavy (non-hydrogen) atoms. The third-order valence-corrected chi connectivity index (χ3v) is 5.47. The molecule has 0 aliphatic carbocycles. The van der Waals surface area contributed by atoms with Crippen LogP contribution in [-0.4, -0.2) is 63.2 Å². The Kier molecular flexibility index (Phi) is 7.16. The number of benzene rings is 2. The summed E-state index contributed by atoms with van der Waals surface area (Å²) < 4.78 is 33.5. The number of carbonyl (C=O) groups is 2. The standard InChI is InChI=1S/C24H26O8/c1-15-3-7-17(8-4-15)23(25)27-11-19-21-22(32-13-29-19)20(30-14-31-21)12-28-24(26)18-9-5-16(2)6-10-18/h3-10,19-22H,11-14H2,1-2H3. The van der Waals surface area contributed by atoms with E-state index in [-0.39, 0.29) is 26.8 Å². The van der Waals surface area contributed by atoms with Gasteiger partial charge in [-0.1, -0.05) is 35.4 Å². The van der Waals surface area contributed by atoms with Crippen LogP contribution in [0.1, 0.15) is 31.8 Å². The molecule has 4 unspecified atom stereocenters. The van der Waals surface area contributed by atoms with Gasteiger partial charge in [-0.25, -0.2) is 9.59 Å². The molecule has 2 fully saturated rings. The van der Waals surface area contributed by atoms with Crippen molar-refractivity contribution in [2.75, 3.05) is 26.8 Å². The van der Waals surface area contributed by atoms with Gasteiger partial charge in [0.2, 0.25) is 0 Å². The summed E-state index contributed by atoms with van der Waals surface area (Å²) in [6.45, 7) is 3.89. The summed E-state index contributed by atoms with van der Waals surface area (Å²) in [6.07, 6.45) is -2.09. The molecule has 2 heterocycles. The third kappa shape index (κ3) is 5.34. The van der Waals surface area contributed by atoms with Crippen LogP contribution in [0.15, 0.2) is 48.5 Å². The molecule has 0 aromatic heterocycles. The summed E-state index contributed by atoms with van der Waals surface area (Å²) >= 11 is 0. The van der Waals surface area contributed by atoms with Crippen molar-refractivity contribution in [3.8, 4) is 0 Å². The Morgan fingerprint density at radius 3 is 1.44 bits per heavy atom. The average Bonchev–Trinajstić information content (AvgIpc) is 2.81. The number of rotatable bonds is 6. The molecule has 8 nitrogen and oxygen atoms in total. The fourth-order valence-electron chi connectivity index (χ4n) is 3.58. The Morgan fingerprint density at radius 1 is 0.688 bits per heavy atom. The zero-order valence-corrected chi connectivity index (χ0v) is 18.0. The molecule has 170 valence electrons. The van der Waals surface area contributed by atoms with Gasteiger partial charge in [-0.15, -0.1) is 0 Å². The molecular formula is C24H26O8. The van der Waals surface area contributed by atoms with Gasteiger partial charge >= 0.3 is 11.9 Å². The van der Waals surface area contributed by atoms with Gasteiger partial charge in [-0.3, -0.25) is 0 Å². The second kappa shape index (κ2) is 10.2. The monoisotopic (exact) mass is 442 g/mol. The number of carbonyl (C=O) groups excluding carboxylic acids is 2. The van der Waals surface area contributed by atoms with Gasteiger partial charge < -0.3 is 28.4 Å². The first kappa shape index (κ1) is 22.4. The molecule has 0 saturated carbocycles. The van der Waals surface area contributed by atoms with E-state index in [2.05, 4.69) is 0 Å². The van der Waals surface area contributed by atoms with Gasteiger partial charge in [-0.05, 0) is 38.1 Å². The number of ether oxygens (including phenoxy) is 6. The number of aryl methyl sites for hydroxylation is 2. The van der Waals surface area contributed by atoms with Crippen LogP contribution in [0.4, 0.5) is 0 Å². The molecule has 4 rings (SSSR count). The summed E-state index contributed by atoms with van der Waals surface area (Å²) in [6, 6.07) is 14.3. The molecule has 4 atom stereocenters. The molecule has 0 radical (unpaired) electrons. The van der Waals surface area contributed by atoms with Crippen molar-refractivity contribution in [2.45, 2.75) is 38.3 Å². The molecule has 0 N–H and O–H groups in total. The van der Waals surface area contributed by atoms with Crippen LogP contribution in [0.5, 0.6) is 0 Å². The van der Waals surface area contributed by atoms with Gasteiger partial charge in [0.25, 0.3) is 0 Å². The average molecular weight is 442 g/mol. The van der Waals surface area contributed by atoms with Crippen molar-refractivity contribution in [1.29, 1.82) is 0 Å². The molecule has 8 heteroatoms. The first-order chi connectivity index (χ1) is 15.5. The predicted octanol–water partition coefficient (Wildman–Crippen LogP) is 2.80. The van der Waals surface area contributed by atoms with E-state index in [1.807, 2.05) is 38.1 Å². The van der Waals surface area contributed by atoms with Crippen LogP contribution < -0.4 is 0 Å². The highest BCUT2D eigenvalue weighted by Crippen LogP contribution is 2.27. The lowest BCUT2D eigenvalue weighted by molar-refractivity contribution is -0.328. The number of esters is 2. The number of hydrogen-bond acceptors (Lipinski definition) is 8. The van der Waals surface area contributed by atoms with Crippen LogP contribution >= 0.6 is 0 Å². The maximum absolute atomic E-state index is 12.3. The van der Waals surface area contributed by atoms with Crippen LogP contribution in [-0.2, 0) is 28.4 Å².